The van der Waals surface area contributed by atoms with Gasteiger partial charge in [-0.2, -0.15) is 0 Å². The van der Waals surface area contributed by atoms with Crippen molar-refractivity contribution >= 4 is 28.3 Å². The van der Waals surface area contributed by atoms with E-state index < -0.39 is 5.60 Å². The number of fused-ring (bicyclic) bond motifs is 6. The summed E-state index contributed by atoms with van der Waals surface area (Å²) in [6.45, 7) is 6.64. The van der Waals surface area contributed by atoms with Crippen LogP contribution < -0.4 is 5.32 Å². The highest BCUT2D eigenvalue weighted by Gasteiger charge is 2.65. The number of hydrogen-bond acceptors (Lipinski definition) is 5. The molecule has 0 bridgehead atoms. The van der Waals surface area contributed by atoms with E-state index in [2.05, 4.69) is 47.5 Å². The summed E-state index contributed by atoms with van der Waals surface area (Å²) in [7, 11) is 0. The van der Waals surface area contributed by atoms with Crippen molar-refractivity contribution in [3.8, 4) is 0 Å². The van der Waals surface area contributed by atoms with E-state index in [1.807, 2.05) is 18.3 Å². The standard InChI is InChI=1S/C33H43N3O4/c1-21(37)33(39)16-12-28-26-9-8-23-18-24(10-14-31(23,2)27(26)11-15-32(28,33)3)36-40-20-30(38)34-17-13-22-19-35-29-7-5-4-6-25(22)29/h4-7,18-19,26-28,35,39H,8-17,20H2,1-3H3,(H,34,38)/b36-24-/t26-,27+,28+,31+,32+,33+/m1/s1. The number of aromatic amines is 1. The minimum Gasteiger partial charge on any atom is -0.385 e. The van der Waals surface area contributed by atoms with Gasteiger partial charge in [0.2, 0.25) is 0 Å². The number of nitrogens with zero attached hydrogens (tertiary/aromatic N) is 1. The number of para-hydroxylation sites is 1. The Labute approximate surface area is 236 Å². The number of Topliss-reactive ketones (excluding diaryl/α,β-unsaturated/α-hetero) is 1. The topological polar surface area (TPSA) is 104 Å². The van der Waals surface area contributed by atoms with Gasteiger partial charge >= 0.3 is 0 Å². The normalized spacial score (nSPS) is 36.0. The number of carbonyl (C=O) groups excluding carboxylic acids is 2. The van der Waals surface area contributed by atoms with Crippen LogP contribution in [0.5, 0.6) is 0 Å². The lowest BCUT2D eigenvalue weighted by atomic mass is 9.46. The van der Waals surface area contributed by atoms with Gasteiger partial charge in [-0.05, 0) is 106 Å². The van der Waals surface area contributed by atoms with Gasteiger partial charge in [-0.25, -0.2) is 0 Å². The minimum absolute atomic E-state index is 0.0555. The number of aromatic nitrogens is 1. The third kappa shape index (κ3) is 4.32. The van der Waals surface area contributed by atoms with Crippen LogP contribution in [0.25, 0.3) is 10.9 Å². The van der Waals surface area contributed by atoms with E-state index in [1.165, 1.54) is 16.5 Å². The van der Waals surface area contributed by atoms with Gasteiger partial charge in [0, 0.05) is 29.1 Å². The van der Waals surface area contributed by atoms with E-state index in [0.29, 0.717) is 30.7 Å². The van der Waals surface area contributed by atoms with E-state index in [-0.39, 0.29) is 29.1 Å². The summed E-state index contributed by atoms with van der Waals surface area (Å²) in [6.07, 6.45) is 12.5. The Kier molecular flexibility index (Phi) is 6.92. The van der Waals surface area contributed by atoms with Crippen molar-refractivity contribution in [2.45, 2.75) is 84.2 Å². The second-order valence-corrected chi connectivity index (χ2v) is 13.2. The quantitative estimate of drug-likeness (QED) is 0.401. The van der Waals surface area contributed by atoms with Gasteiger partial charge in [-0.1, -0.05) is 42.8 Å². The molecule has 4 aliphatic carbocycles. The maximum absolute atomic E-state index is 12.5. The first-order valence-corrected chi connectivity index (χ1v) is 15.1. The van der Waals surface area contributed by atoms with Crippen LogP contribution in [0.1, 0.15) is 77.7 Å². The molecule has 1 heterocycles. The van der Waals surface area contributed by atoms with E-state index in [1.54, 1.807) is 6.92 Å². The molecule has 0 saturated heterocycles. The van der Waals surface area contributed by atoms with Crippen molar-refractivity contribution in [1.82, 2.24) is 10.3 Å². The largest absolute Gasteiger partial charge is 0.385 e. The number of benzene rings is 1. The molecule has 1 amide bonds. The molecule has 0 aliphatic heterocycles. The number of rotatable bonds is 7. The summed E-state index contributed by atoms with van der Waals surface area (Å²) in [4.78, 5) is 33.6. The number of hydrogen-bond donors (Lipinski definition) is 3. The lowest BCUT2D eigenvalue weighted by Gasteiger charge is -2.59. The molecule has 0 spiro atoms. The molecule has 6 rings (SSSR count). The molecule has 40 heavy (non-hydrogen) atoms. The lowest BCUT2D eigenvalue weighted by molar-refractivity contribution is -0.159. The predicted molar refractivity (Wildman–Crippen MR) is 156 cm³/mol. The lowest BCUT2D eigenvalue weighted by Crippen LogP contribution is -2.57. The van der Waals surface area contributed by atoms with Gasteiger partial charge in [0.15, 0.2) is 12.4 Å². The van der Waals surface area contributed by atoms with Crippen molar-refractivity contribution in [3.05, 3.63) is 47.7 Å². The highest BCUT2D eigenvalue weighted by atomic mass is 16.6. The van der Waals surface area contributed by atoms with Gasteiger partial charge in [0.25, 0.3) is 5.91 Å². The summed E-state index contributed by atoms with van der Waals surface area (Å²) >= 11 is 0. The van der Waals surface area contributed by atoms with Crippen molar-refractivity contribution in [2.24, 2.45) is 33.7 Å². The van der Waals surface area contributed by atoms with Crippen molar-refractivity contribution in [3.63, 3.8) is 0 Å². The Morgan fingerprint density at radius 2 is 1.90 bits per heavy atom. The number of aliphatic hydroxyl groups is 1. The van der Waals surface area contributed by atoms with Crippen LogP contribution in [0.3, 0.4) is 0 Å². The van der Waals surface area contributed by atoms with Crippen molar-refractivity contribution in [2.75, 3.05) is 13.2 Å². The fourth-order valence-corrected chi connectivity index (χ4v) is 9.14. The smallest absolute Gasteiger partial charge is 0.260 e. The number of H-pyrrole nitrogens is 1. The Morgan fingerprint density at radius 3 is 2.73 bits per heavy atom. The van der Waals surface area contributed by atoms with Gasteiger partial charge in [0.05, 0.1) is 5.71 Å². The van der Waals surface area contributed by atoms with Crippen LogP contribution in [0.2, 0.25) is 0 Å². The molecule has 7 nitrogen and oxygen atoms in total. The Bertz CT molecular complexity index is 1380. The summed E-state index contributed by atoms with van der Waals surface area (Å²) < 4.78 is 0. The second-order valence-electron chi connectivity index (χ2n) is 13.2. The van der Waals surface area contributed by atoms with Gasteiger partial charge in [-0.3, -0.25) is 9.59 Å². The molecule has 0 unspecified atom stereocenters. The summed E-state index contributed by atoms with van der Waals surface area (Å²) in [5.41, 5.74) is 3.33. The average molecular weight is 546 g/mol. The molecule has 3 N–H and O–H groups in total. The molecule has 3 fully saturated rings. The number of ketones is 1. The fourth-order valence-electron chi connectivity index (χ4n) is 9.14. The molecular weight excluding hydrogens is 502 g/mol. The third-order valence-corrected chi connectivity index (χ3v) is 11.5. The first kappa shape index (κ1) is 27.3. The van der Waals surface area contributed by atoms with Crippen molar-refractivity contribution in [1.29, 1.82) is 0 Å². The Morgan fingerprint density at radius 1 is 1.10 bits per heavy atom. The zero-order valence-corrected chi connectivity index (χ0v) is 24.1. The average Bonchev–Trinajstić information content (AvgIpc) is 3.47. The van der Waals surface area contributed by atoms with Crippen molar-refractivity contribution < 1.29 is 19.5 Å². The molecule has 0 radical (unpaired) electrons. The van der Waals surface area contributed by atoms with Crippen LogP contribution in [0, 0.1) is 28.6 Å². The number of nitrogens with one attached hydrogen (secondary N) is 2. The number of oxime groups is 1. The highest BCUT2D eigenvalue weighted by molar-refractivity contribution is 5.96. The third-order valence-electron chi connectivity index (χ3n) is 11.5. The van der Waals surface area contributed by atoms with E-state index in [4.69, 9.17) is 4.84 Å². The summed E-state index contributed by atoms with van der Waals surface area (Å²) in [5.74, 6) is 1.32. The molecule has 2 aromatic rings. The molecule has 7 heteroatoms. The number of amides is 1. The maximum Gasteiger partial charge on any atom is 0.260 e. The van der Waals surface area contributed by atoms with Crippen LogP contribution in [-0.2, 0) is 20.8 Å². The minimum atomic E-state index is -1.16. The molecule has 214 valence electrons. The first-order chi connectivity index (χ1) is 19.2. The molecule has 3 saturated carbocycles. The van der Waals surface area contributed by atoms with Crippen LogP contribution >= 0.6 is 0 Å². The molecule has 6 atom stereocenters. The number of allylic oxidation sites excluding steroid dienone is 2. The molecule has 1 aromatic heterocycles. The first-order valence-electron chi connectivity index (χ1n) is 15.1. The molecular formula is C33H43N3O4. The highest BCUT2D eigenvalue weighted by Crippen LogP contribution is 2.67. The van der Waals surface area contributed by atoms with E-state index in [9.17, 15) is 14.7 Å². The Balaban J connectivity index is 1.04. The van der Waals surface area contributed by atoms with Crippen LogP contribution in [0.15, 0.2) is 47.3 Å². The number of carbonyl (C=O) groups is 2. The van der Waals surface area contributed by atoms with Gasteiger partial charge in [-0.15, -0.1) is 0 Å². The summed E-state index contributed by atoms with van der Waals surface area (Å²) in [6, 6.07) is 8.17. The zero-order chi connectivity index (χ0) is 28.1. The molecule has 1 aromatic carbocycles. The Hall–Kier alpha value is -2.93. The van der Waals surface area contributed by atoms with Crippen LogP contribution in [0.4, 0.5) is 0 Å². The second kappa shape index (κ2) is 10.2. The fraction of sp³-hybridized carbons (Fsp3) is 0.606. The van der Waals surface area contributed by atoms with E-state index in [0.717, 1.165) is 62.6 Å². The van der Waals surface area contributed by atoms with Crippen LogP contribution in [-0.4, -0.2) is 46.2 Å². The maximum atomic E-state index is 12.5. The van der Waals surface area contributed by atoms with E-state index >= 15 is 0 Å². The SMILES string of the molecule is CC(=O)[C@@]1(O)CC[C@H]2[C@@H]3CCC4=C/C(=N\OCC(=O)NCCc5c[nH]c6ccccc56)CC[C@]4(C)[C@H]3CC[C@@]21C. The van der Waals surface area contributed by atoms with Gasteiger partial charge < -0.3 is 20.2 Å². The monoisotopic (exact) mass is 545 g/mol. The summed E-state index contributed by atoms with van der Waals surface area (Å²) in [5, 5.41) is 19.9. The zero-order valence-electron chi connectivity index (χ0n) is 24.1. The molecule has 4 aliphatic rings. The van der Waals surface area contributed by atoms with Gasteiger partial charge in [0.1, 0.15) is 5.60 Å². The predicted octanol–water partition coefficient (Wildman–Crippen LogP) is 5.48.